The van der Waals surface area contributed by atoms with Crippen LogP contribution in [0.1, 0.15) is 39.0 Å². The number of imide groups is 1. The summed E-state index contributed by atoms with van der Waals surface area (Å²) in [6.07, 6.45) is 6.58. The minimum Gasteiger partial charge on any atom is -0.338 e. The largest absolute Gasteiger partial charge is 0.338 e. The van der Waals surface area contributed by atoms with Gasteiger partial charge < -0.3 is 5.32 Å². The van der Waals surface area contributed by atoms with Crippen molar-refractivity contribution in [1.29, 1.82) is 0 Å². The first-order chi connectivity index (χ1) is 9.19. The third-order valence-electron chi connectivity index (χ3n) is 4.33. The second kappa shape index (κ2) is 6.89. The Morgan fingerprint density at radius 3 is 2.63 bits per heavy atom. The third-order valence-corrected chi connectivity index (χ3v) is 4.33. The quantitative estimate of drug-likeness (QED) is 0.811. The lowest BCUT2D eigenvalue weighted by molar-refractivity contribution is -0.121. The van der Waals surface area contributed by atoms with Crippen molar-refractivity contribution in [2.45, 2.75) is 39.0 Å². The number of hydrogen-bond acceptors (Lipinski definition) is 3. The van der Waals surface area contributed by atoms with E-state index in [0.29, 0.717) is 13.1 Å². The summed E-state index contributed by atoms with van der Waals surface area (Å²) in [7, 11) is 0. The molecule has 1 saturated heterocycles. The number of fused-ring (bicyclic) bond motifs is 1. The fourth-order valence-electron chi connectivity index (χ4n) is 3.39. The third kappa shape index (κ3) is 4.20. The van der Waals surface area contributed by atoms with E-state index in [1.807, 2.05) is 6.92 Å². The van der Waals surface area contributed by atoms with Gasteiger partial charge >= 0.3 is 6.03 Å². The summed E-state index contributed by atoms with van der Waals surface area (Å²) >= 11 is 0. The number of amides is 3. The lowest BCUT2D eigenvalue weighted by Crippen LogP contribution is -2.48. The highest BCUT2D eigenvalue weighted by molar-refractivity contribution is 5.95. The zero-order chi connectivity index (χ0) is 13.7. The molecule has 0 aromatic heterocycles. The summed E-state index contributed by atoms with van der Waals surface area (Å²) < 4.78 is 0. The zero-order valence-electron chi connectivity index (χ0n) is 11.8. The first-order valence-corrected chi connectivity index (χ1v) is 7.49. The number of likely N-dealkylation sites (tertiary alicyclic amines) is 1. The van der Waals surface area contributed by atoms with Crippen molar-refractivity contribution in [1.82, 2.24) is 15.5 Å². The van der Waals surface area contributed by atoms with Crippen molar-refractivity contribution in [3.05, 3.63) is 0 Å². The maximum atomic E-state index is 11.7. The van der Waals surface area contributed by atoms with Gasteiger partial charge in [-0.1, -0.05) is 19.3 Å². The fourth-order valence-corrected chi connectivity index (χ4v) is 3.39. The Kier molecular flexibility index (Phi) is 5.19. The molecule has 5 nitrogen and oxygen atoms in total. The van der Waals surface area contributed by atoms with Crippen molar-refractivity contribution in [3.8, 4) is 0 Å². The Morgan fingerprint density at radius 2 is 1.89 bits per heavy atom. The number of carbonyl (C=O) groups excluding carboxylic acids is 2. The monoisotopic (exact) mass is 267 g/mol. The molecule has 0 spiro atoms. The van der Waals surface area contributed by atoms with E-state index in [0.717, 1.165) is 24.9 Å². The Morgan fingerprint density at radius 1 is 1.16 bits per heavy atom. The van der Waals surface area contributed by atoms with Gasteiger partial charge in [0.2, 0.25) is 5.91 Å². The first kappa shape index (κ1) is 14.3. The molecule has 1 aliphatic carbocycles. The lowest BCUT2D eigenvalue weighted by Gasteiger charge is -2.40. The first-order valence-electron chi connectivity index (χ1n) is 7.49. The SMILES string of the molecule is CCNC(=O)NC(=O)CN1CC[C@H]2CCCC[C@H]2C1. The van der Waals surface area contributed by atoms with Crippen LogP contribution in [0.15, 0.2) is 0 Å². The van der Waals surface area contributed by atoms with E-state index >= 15 is 0 Å². The van der Waals surface area contributed by atoms with Crippen LogP contribution >= 0.6 is 0 Å². The van der Waals surface area contributed by atoms with Crippen LogP contribution in [0.5, 0.6) is 0 Å². The van der Waals surface area contributed by atoms with E-state index in [1.165, 1.54) is 32.1 Å². The molecule has 2 aliphatic rings. The topological polar surface area (TPSA) is 61.4 Å². The highest BCUT2D eigenvalue weighted by Gasteiger charge is 2.31. The van der Waals surface area contributed by atoms with Gasteiger partial charge in [0.05, 0.1) is 6.54 Å². The van der Waals surface area contributed by atoms with Crippen LogP contribution in [0.4, 0.5) is 4.79 Å². The molecule has 2 fully saturated rings. The summed E-state index contributed by atoms with van der Waals surface area (Å²) in [5.74, 6) is 1.44. The van der Waals surface area contributed by atoms with Crippen molar-refractivity contribution >= 4 is 11.9 Å². The Hall–Kier alpha value is -1.10. The van der Waals surface area contributed by atoms with Gasteiger partial charge in [-0.25, -0.2) is 4.79 Å². The minimum atomic E-state index is -0.389. The molecule has 19 heavy (non-hydrogen) atoms. The number of carbonyl (C=O) groups is 2. The van der Waals surface area contributed by atoms with Gasteiger partial charge in [-0.05, 0) is 38.1 Å². The van der Waals surface area contributed by atoms with Gasteiger partial charge in [-0.15, -0.1) is 0 Å². The maximum absolute atomic E-state index is 11.7. The van der Waals surface area contributed by atoms with Gasteiger partial charge in [-0.3, -0.25) is 15.0 Å². The number of nitrogens with one attached hydrogen (secondary N) is 2. The molecule has 1 heterocycles. The van der Waals surface area contributed by atoms with E-state index in [4.69, 9.17) is 0 Å². The van der Waals surface area contributed by atoms with E-state index in [9.17, 15) is 9.59 Å². The van der Waals surface area contributed by atoms with Crippen molar-refractivity contribution in [2.24, 2.45) is 11.8 Å². The van der Waals surface area contributed by atoms with E-state index in [2.05, 4.69) is 15.5 Å². The van der Waals surface area contributed by atoms with Crippen LogP contribution in [0.25, 0.3) is 0 Å². The van der Waals surface area contributed by atoms with Crippen molar-refractivity contribution in [3.63, 3.8) is 0 Å². The summed E-state index contributed by atoms with van der Waals surface area (Å²) in [5.41, 5.74) is 0. The van der Waals surface area contributed by atoms with Gasteiger partial charge in [0.15, 0.2) is 0 Å². The number of piperidine rings is 1. The Balaban J connectivity index is 1.74. The Bertz CT molecular complexity index is 333. The normalized spacial score (nSPS) is 27.4. The molecule has 0 aromatic carbocycles. The molecule has 0 radical (unpaired) electrons. The Labute approximate surface area is 115 Å². The van der Waals surface area contributed by atoms with E-state index < -0.39 is 0 Å². The summed E-state index contributed by atoms with van der Waals surface area (Å²) in [6.45, 7) is 4.72. The molecule has 108 valence electrons. The second-order valence-electron chi connectivity index (χ2n) is 5.74. The van der Waals surface area contributed by atoms with Crippen molar-refractivity contribution < 1.29 is 9.59 Å². The zero-order valence-corrected chi connectivity index (χ0v) is 11.8. The minimum absolute atomic E-state index is 0.194. The summed E-state index contributed by atoms with van der Waals surface area (Å²) in [5, 5.41) is 4.94. The molecular weight excluding hydrogens is 242 g/mol. The van der Waals surface area contributed by atoms with Crippen molar-refractivity contribution in [2.75, 3.05) is 26.2 Å². The van der Waals surface area contributed by atoms with Gasteiger partial charge in [-0.2, -0.15) is 0 Å². The highest BCUT2D eigenvalue weighted by atomic mass is 16.2. The fraction of sp³-hybridized carbons (Fsp3) is 0.857. The van der Waals surface area contributed by atoms with Crippen LogP contribution in [0.3, 0.4) is 0 Å². The number of nitrogens with zero attached hydrogens (tertiary/aromatic N) is 1. The van der Waals surface area contributed by atoms with Crippen LogP contribution in [-0.2, 0) is 4.79 Å². The summed E-state index contributed by atoms with van der Waals surface area (Å²) in [4.78, 5) is 25.2. The molecule has 0 unspecified atom stereocenters. The molecule has 5 heteroatoms. The van der Waals surface area contributed by atoms with E-state index in [-0.39, 0.29) is 11.9 Å². The molecular formula is C14H25N3O2. The average molecular weight is 267 g/mol. The van der Waals surface area contributed by atoms with Gasteiger partial charge in [0.1, 0.15) is 0 Å². The average Bonchev–Trinajstić information content (AvgIpc) is 2.38. The number of hydrogen-bond donors (Lipinski definition) is 2. The molecule has 0 bridgehead atoms. The van der Waals surface area contributed by atoms with E-state index in [1.54, 1.807) is 0 Å². The molecule has 1 aliphatic heterocycles. The molecule has 2 N–H and O–H groups in total. The molecule has 0 aromatic rings. The van der Waals surface area contributed by atoms with Crippen LogP contribution < -0.4 is 10.6 Å². The van der Waals surface area contributed by atoms with Crippen LogP contribution in [0.2, 0.25) is 0 Å². The van der Waals surface area contributed by atoms with Crippen LogP contribution in [0, 0.1) is 11.8 Å². The van der Waals surface area contributed by atoms with Crippen LogP contribution in [-0.4, -0.2) is 43.0 Å². The molecule has 3 amide bonds. The van der Waals surface area contributed by atoms with Gasteiger partial charge in [0.25, 0.3) is 0 Å². The summed E-state index contributed by atoms with van der Waals surface area (Å²) in [6, 6.07) is -0.389. The molecule has 2 rings (SSSR count). The standard InChI is InChI=1S/C14H25N3O2/c1-2-15-14(19)16-13(18)10-17-8-7-11-5-3-4-6-12(11)9-17/h11-12H,2-10H2,1H3,(H2,15,16,18,19)/t11-,12+/m1/s1. The second-order valence-corrected chi connectivity index (χ2v) is 5.74. The predicted octanol–water partition coefficient (Wildman–Crippen LogP) is 1.34. The number of rotatable bonds is 3. The predicted molar refractivity (Wildman–Crippen MR) is 73.7 cm³/mol. The smallest absolute Gasteiger partial charge is 0.321 e. The number of urea groups is 1. The molecule has 1 saturated carbocycles. The molecule has 2 atom stereocenters. The van der Waals surface area contributed by atoms with Gasteiger partial charge in [0, 0.05) is 13.1 Å². The maximum Gasteiger partial charge on any atom is 0.321 e. The highest BCUT2D eigenvalue weighted by Crippen LogP contribution is 2.35. The lowest BCUT2D eigenvalue weighted by atomic mass is 9.75.